The fourth-order valence-electron chi connectivity index (χ4n) is 2.82. The smallest absolute Gasteiger partial charge is 0.113 e. The third-order valence-corrected chi connectivity index (χ3v) is 3.89. The summed E-state index contributed by atoms with van der Waals surface area (Å²) in [7, 11) is 1.90. The van der Waals surface area contributed by atoms with E-state index >= 15 is 0 Å². The second-order valence-corrected chi connectivity index (χ2v) is 5.28. The lowest BCUT2D eigenvalue weighted by atomic mass is 9.98. The van der Waals surface area contributed by atoms with Crippen LogP contribution in [-0.4, -0.2) is 24.5 Å². The summed E-state index contributed by atoms with van der Waals surface area (Å²) >= 11 is 0. The zero-order valence-corrected chi connectivity index (χ0v) is 12.2. The van der Waals surface area contributed by atoms with Gasteiger partial charge in [-0.3, -0.25) is 0 Å². The third-order valence-electron chi connectivity index (χ3n) is 3.89. The molecule has 22 heavy (non-hydrogen) atoms. The molecule has 5 nitrogen and oxygen atoms in total. The first-order valence-corrected chi connectivity index (χ1v) is 7.14. The van der Waals surface area contributed by atoms with Crippen molar-refractivity contribution >= 4 is 11.0 Å². The van der Waals surface area contributed by atoms with E-state index < -0.39 is 0 Å². The van der Waals surface area contributed by atoms with Crippen LogP contribution in [0.5, 0.6) is 0 Å². The number of rotatable bonds is 3. The molecule has 0 N–H and O–H groups in total. The van der Waals surface area contributed by atoms with Crippen LogP contribution in [0.2, 0.25) is 0 Å². The van der Waals surface area contributed by atoms with Gasteiger partial charge in [-0.25, -0.2) is 9.67 Å². The Morgan fingerprint density at radius 2 is 1.86 bits per heavy atom. The van der Waals surface area contributed by atoms with Gasteiger partial charge in [0, 0.05) is 19.4 Å². The summed E-state index contributed by atoms with van der Waals surface area (Å²) in [6, 6.07) is 16.8. The average molecular weight is 289 g/mol. The van der Waals surface area contributed by atoms with Gasteiger partial charge in [-0.05, 0) is 23.3 Å². The molecule has 0 aliphatic heterocycles. The van der Waals surface area contributed by atoms with Gasteiger partial charge in [0.25, 0.3) is 0 Å². The number of benzene rings is 2. The Bertz CT molecular complexity index is 893. The van der Waals surface area contributed by atoms with E-state index in [4.69, 9.17) is 0 Å². The standard InChI is InChI=1S/C17H15N5/c1-21-16-8-7-14(11-15(16)19-20-21)17(22-10-9-18-12-22)13-5-3-2-4-6-13/h2-12,17H,1H3. The van der Waals surface area contributed by atoms with Crippen LogP contribution < -0.4 is 0 Å². The first-order chi connectivity index (χ1) is 10.8. The number of fused-ring (bicyclic) bond motifs is 1. The van der Waals surface area contributed by atoms with Crippen molar-refractivity contribution in [2.45, 2.75) is 6.04 Å². The summed E-state index contributed by atoms with van der Waals surface area (Å²) in [4.78, 5) is 4.19. The lowest BCUT2D eigenvalue weighted by molar-refractivity contribution is 0.677. The molecule has 4 aromatic rings. The van der Waals surface area contributed by atoms with Crippen LogP contribution in [0.3, 0.4) is 0 Å². The van der Waals surface area contributed by atoms with Crippen LogP contribution in [0.15, 0.2) is 67.3 Å². The molecule has 2 aromatic carbocycles. The van der Waals surface area contributed by atoms with Crippen molar-refractivity contribution in [3.63, 3.8) is 0 Å². The van der Waals surface area contributed by atoms with Crippen molar-refractivity contribution < 1.29 is 0 Å². The van der Waals surface area contributed by atoms with Crippen molar-refractivity contribution in [1.82, 2.24) is 24.5 Å². The van der Waals surface area contributed by atoms with Crippen molar-refractivity contribution in [3.05, 3.63) is 78.4 Å². The van der Waals surface area contributed by atoms with E-state index in [2.05, 4.69) is 62.3 Å². The molecule has 0 spiro atoms. The van der Waals surface area contributed by atoms with Gasteiger partial charge in [0.2, 0.25) is 0 Å². The molecule has 0 radical (unpaired) electrons. The summed E-state index contributed by atoms with van der Waals surface area (Å²) in [5, 5.41) is 8.30. The maximum absolute atomic E-state index is 4.22. The Hall–Kier alpha value is -2.95. The third kappa shape index (κ3) is 2.07. The van der Waals surface area contributed by atoms with Crippen molar-refractivity contribution in [3.8, 4) is 0 Å². The SMILES string of the molecule is Cn1nnc2cc(C(c3ccccc3)n3ccnc3)ccc21. The number of aromatic nitrogens is 5. The van der Waals surface area contributed by atoms with Crippen LogP contribution in [0.25, 0.3) is 11.0 Å². The molecule has 108 valence electrons. The lowest BCUT2D eigenvalue weighted by Gasteiger charge is -2.19. The highest BCUT2D eigenvalue weighted by Crippen LogP contribution is 2.28. The van der Waals surface area contributed by atoms with Crippen LogP contribution >= 0.6 is 0 Å². The first kappa shape index (κ1) is 12.8. The Balaban J connectivity index is 1.89. The number of imidazole rings is 1. The normalized spacial score (nSPS) is 12.6. The van der Waals surface area contributed by atoms with E-state index in [1.807, 2.05) is 25.6 Å². The molecular formula is C17H15N5. The van der Waals surface area contributed by atoms with Crippen LogP contribution in [-0.2, 0) is 7.05 Å². The molecular weight excluding hydrogens is 274 g/mol. The molecule has 0 aliphatic carbocycles. The molecule has 2 aromatic heterocycles. The van der Waals surface area contributed by atoms with E-state index in [-0.39, 0.29) is 6.04 Å². The monoisotopic (exact) mass is 289 g/mol. The molecule has 0 bridgehead atoms. The van der Waals surface area contributed by atoms with Crippen molar-refractivity contribution in [1.29, 1.82) is 0 Å². The topological polar surface area (TPSA) is 48.5 Å². The van der Waals surface area contributed by atoms with Gasteiger partial charge in [0.15, 0.2) is 0 Å². The highest BCUT2D eigenvalue weighted by molar-refractivity contribution is 5.75. The minimum absolute atomic E-state index is 0.0788. The predicted molar refractivity (Wildman–Crippen MR) is 84.4 cm³/mol. The summed E-state index contributed by atoms with van der Waals surface area (Å²) in [6.45, 7) is 0. The van der Waals surface area contributed by atoms with Gasteiger partial charge in [0.05, 0.1) is 17.9 Å². The Kier molecular flexibility index (Phi) is 2.96. The van der Waals surface area contributed by atoms with Gasteiger partial charge >= 0.3 is 0 Å². The summed E-state index contributed by atoms with van der Waals surface area (Å²) in [6.07, 6.45) is 5.63. The molecule has 5 heteroatoms. The Labute approximate surface area is 127 Å². The molecule has 1 atom stereocenters. The average Bonchev–Trinajstić information content (AvgIpc) is 3.20. The maximum atomic E-state index is 4.22. The number of nitrogens with zero attached hydrogens (tertiary/aromatic N) is 5. The van der Waals surface area contributed by atoms with Crippen LogP contribution in [0.4, 0.5) is 0 Å². The van der Waals surface area contributed by atoms with Gasteiger partial charge in [-0.2, -0.15) is 0 Å². The second-order valence-electron chi connectivity index (χ2n) is 5.28. The maximum Gasteiger partial charge on any atom is 0.113 e. The van der Waals surface area contributed by atoms with E-state index in [1.165, 1.54) is 5.56 Å². The van der Waals surface area contributed by atoms with E-state index in [9.17, 15) is 0 Å². The van der Waals surface area contributed by atoms with Gasteiger partial charge < -0.3 is 4.57 Å². The van der Waals surface area contributed by atoms with E-state index in [1.54, 1.807) is 10.9 Å². The molecule has 4 rings (SSSR count). The Morgan fingerprint density at radius 3 is 2.64 bits per heavy atom. The molecule has 0 saturated heterocycles. The number of hydrogen-bond donors (Lipinski definition) is 0. The quantitative estimate of drug-likeness (QED) is 0.582. The highest BCUT2D eigenvalue weighted by Gasteiger charge is 2.17. The highest BCUT2D eigenvalue weighted by atomic mass is 15.4. The van der Waals surface area contributed by atoms with E-state index in [0.29, 0.717) is 0 Å². The number of aryl methyl sites for hydroxylation is 1. The fraction of sp³-hybridized carbons (Fsp3) is 0.118. The van der Waals surface area contributed by atoms with Crippen LogP contribution in [0.1, 0.15) is 17.2 Å². The van der Waals surface area contributed by atoms with E-state index in [0.717, 1.165) is 16.6 Å². The predicted octanol–water partition coefficient (Wildman–Crippen LogP) is 2.80. The summed E-state index contributed by atoms with van der Waals surface area (Å²) in [5.41, 5.74) is 4.31. The minimum Gasteiger partial charge on any atom is -0.326 e. The first-order valence-electron chi connectivity index (χ1n) is 7.14. The molecule has 0 saturated carbocycles. The molecule has 0 amide bonds. The van der Waals surface area contributed by atoms with Crippen molar-refractivity contribution in [2.75, 3.05) is 0 Å². The minimum atomic E-state index is 0.0788. The Morgan fingerprint density at radius 1 is 1.00 bits per heavy atom. The number of hydrogen-bond acceptors (Lipinski definition) is 3. The van der Waals surface area contributed by atoms with Gasteiger partial charge in [-0.15, -0.1) is 5.10 Å². The van der Waals surface area contributed by atoms with Gasteiger partial charge in [-0.1, -0.05) is 41.6 Å². The summed E-state index contributed by atoms with van der Waals surface area (Å²) in [5.74, 6) is 0. The molecule has 0 fully saturated rings. The molecule has 0 aliphatic rings. The van der Waals surface area contributed by atoms with Crippen molar-refractivity contribution in [2.24, 2.45) is 7.05 Å². The fourth-order valence-corrected chi connectivity index (χ4v) is 2.82. The van der Waals surface area contributed by atoms with Crippen LogP contribution in [0, 0.1) is 0 Å². The second kappa shape index (κ2) is 5.11. The zero-order chi connectivity index (χ0) is 14.9. The molecule has 1 unspecified atom stereocenters. The zero-order valence-electron chi connectivity index (χ0n) is 12.2. The largest absolute Gasteiger partial charge is 0.326 e. The summed E-state index contributed by atoms with van der Waals surface area (Å²) < 4.78 is 3.89. The molecule has 2 heterocycles. The lowest BCUT2D eigenvalue weighted by Crippen LogP contribution is -2.10. The van der Waals surface area contributed by atoms with Gasteiger partial charge in [0.1, 0.15) is 5.52 Å².